The van der Waals surface area contributed by atoms with Crippen LogP contribution in [0.5, 0.6) is 0 Å². The van der Waals surface area contributed by atoms with E-state index in [1.54, 1.807) is 0 Å². The minimum atomic E-state index is -4.75. The lowest BCUT2D eigenvalue weighted by Crippen LogP contribution is -2.44. The fraction of sp³-hybridized carbons (Fsp3) is 0.222. The minimum absolute atomic E-state index is 0.0396. The predicted molar refractivity (Wildman–Crippen MR) is 49.8 cm³/mol. The molecular formula is C9H7ClF3NO. The van der Waals surface area contributed by atoms with Crippen molar-refractivity contribution < 1.29 is 18.0 Å². The van der Waals surface area contributed by atoms with Crippen LogP contribution in [-0.2, 0) is 0 Å². The van der Waals surface area contributed by atoms with Crippen LogP contribution in [0, 0.1) is 0 Å². The predicted octanol–water partition coefficient (Wildman–Crippen LogP) is 2.41. The number of Topliss-reactive ketones (excluding diaryl/α,β-unsaturated/α-hetero) is 1. The lowest BCUT2D eigenvalue weighted by atomic mass is 10.0. The van der Waals surface area contributed by atoms with Crippen LogP contribution in [0.1, 0.15) is 10.4 Å². The summed E-state index contributed by atoms with van der Waals surface area (Å²) in [7, 11) is 0. The maximum absolute atomic E-state index is 12.1. The third kappa shape index (κ3) is 2.70. The maximum atomic E-state index is 12.1. The Bertz CT molecular complexity index is 378. The Morgan fingerprint density at radius 1 is 1.33 bits per heavy atom. The average Bonchev–Trinajstić information content (AvgIpc) is 2.15. The molecule has 0 aliphatic heterocycles. The molecule has 0 heterocycles. The smallest absolute Gasteiger partial charge is 0.314 e. The number of alkyl halides is 3. The van der Waals surface area contributed by atoms with Gasteiger partial charge in [-0.05, 0) is 12.1 Å². The summed E-state index contributed by atoms with van der Waals surface area (Å²) in [6, 6.07) is 2.94. The zero-order valence-electron chi connectivity index (χ0n) is 7.38. The van der Waals surface area contributed by atoms with Crippen molar-refractivity contribution in [3.8, 4) is 0 Å². The first-order valence-corrected chi connectivity index (χ1v) is 4.33. The molecule has 82 valence electrons. The van der Waals surface area contributed by atoms with E-state index in [0.29, 0.717) is 0 Å². The number of ketones is 1. The standard InChI is InChI=1S/C9H7ClF3NO/c10-6-4-2-1-3-5(6)7(15)8(14)9(11,12)13/h1-4,8H,14H2. The van der Waals surface area contributed by atoms with Gasteiger partial charge in [0.1, 0.15) is 0 Å². The molecular weight excluding hydrogens is 231 g/mol. The molecule has 0 amide bonds. The highest BCUT2D eigenvalue weighted by molar-refractivity contribution is 6.34. The molecule has 0 aromatic heterocycles. The van der Waals surface area contributed by atoms with E-state index >= 15 is 0 Å². The van der Waals surface area contributed by atoms with Gasteiger partial charge in [0.25, 0.3) is 0 Å². The van der Waals surface area contributed by atoms with Gasteiger partial charge < -0.3 is 5.73 Å². The van der Waals surface area contributed by atoms with Crippen molar-refractivity contribution in [1.29, 1.82) is 0 Å². The number of hydrogen-bond acceptors (Lipinski definition) is 2. The number of halogens is 4. The van der Waals surface area contributed by atoms with Gasteiger partial charge in [0, 0.05) is 5.56 Å². The number of carbonyl (C=O) groups is 1. The molecule has 2 N–H and O–H groups in total. The van der Waals surface area contributed by atoms with Crippen molar-refractivity contribution in [2.75, 3.05) is 0 Å². The Morgan fingerprint density at radius 3 is 2.33 bits per heavy atom. The quantitative estimate of drug-likeness (QED) is 0.803. The molecule has 2 nitrogen and oxygen atoms in total. The molecule has 1 aromatic rings. The van der Waals surface area contributed by atoms with Gasteiger partial charge in [0.2, 0.25) is 0 Å². The zero-order chi connectivity index (χ0) is 11.6. The monoisotopic (exact) mass is 237 g/mol. The van der Waals surface area contributed by atoms with Crippen molar-refractivity contribution in [3.05, 3.63) is 34.9 Å². The Morgan fingerprint density at radius 2 is 1.87 bits per heavy atom. The average molecular weight is 238 g/mol. The summed E-state index contributed by atoms with van der Waals surface area (Å²) >= 11 is 5.57. The van der Waals surface area contributed by atoms with Crippen molar-refractivity contribution in [2.45, 2.75) is 12.2 Å². The van der Waals surface area contributed by atoms with E-state index in [0.717, 1.165) is 0 Å². The summed E-state index contributed by atoms with van der Waals surface area (Å²) in [6.45, 7) is 0. The van der Waals surface area contributed by atoms with Gasteiger partial charge in [-0.25, -0.2) is 0 Å². The molecule has 0 aliphatic carbocycles. The van der Waals surface area contributed by atoms with Crippen molar-refractivity contribution in [2.24, 2.45) is 5.73 Å². The number of carbonyl (C=O) groups excluding carboxylic acids is 1. The third-order valence-corrected chi connectivity index (χ3v) is 2.10. The largest absolute Gasteiger partial charge is 0.410 e. The topological polar surface area (TPSA) is 43.1 Å². The second-order valence-electron chi connectivity index (χ2n) is 2.86. The Kier molecular flexibility index (Phi) is 3.36. The summed E-state index contributed by atoms with van der Waals surface area (Å²) < 4.78 is 36.4. The van der Waals surface area contributed by atoms with E-state index in [9.17, 15) is 18.0 Å². The lowest BCUT2D eigenvalue weighted by Gasteiger charge is -2.14. The van der Waals surface area contributed by atoms with Gasteiger partial charge in [0.15, 0.2) is 11.8 Å². The summed E-state index contributed by atoms with van der Waals surface area (Å²) in [5, 5.41) is -0.0396. The number of hydrogen-bond donors (Lipinski definition) is 1. The molecule has 0 saturated heterocycles. The van der Waals surface area contributed by atoms with Crippen LogP contribution in [0.3, 0.4) is 0 Å². The lowest BCUT2D eigenvalue weighted by molar-refractivity contribution is -0.136. The van der Waals surface area contributed by atoms with Crippen molar-refractivity contribution in [1.82, 2.24) is 0 Å². The van der Waals surface area contributed by atoms with E-state index < -0.39 is 18.0 Å². The first-order chi connectivity index (χ1) is 6.84. The van der Waals surface area contributed by atoms with Gasteiger partial charge in [-0.15, -0.1) is 0 Å². The molecule has 0 fully saturated rings. The van der Waals surface area contributed by atoms with Gasteiger partial charge in [-0.3, -0.25) is 4.79 Å². The Hall–Kier alpha value is -1.07. The normalized spacial score (nSPS) is 13.7. The van der Waals surface area contributed by atoms with Crippen LogP contribution in [0.15, 0.2) is 24.3 Å². The highest BCUT2D eigenvalue weighted by Gasteiger charge is 2.42. The van der Waals surface area contributed by atoms with Crippen LogP contribution in [0.2, 0.25) is 5.02 Å². The highest BCUT2D eigenvalue weighted by Crippen LogP contribution is 2.24. The molecule has 0 aliphatic rings. The van der Waals surface area contributed by atoms with E-state index in [2.05, 4.69) is 0 Å². The Balaban J connectivity index is 3.01. The third-order valence-electron chi connectivity index (χ3n) is 1.77. The zero-order valence-corrected chi connectivity index (χ0v) is 8.14. The van der Waals surface area contributed by atoms with E-state index in [-0.39, 0.29) is 10.6 Å². The summed E-state index contributed by atoms with van der Waals surface area (Å²) in [6.07, 6.45) is -4.75. The van der Waals surface area contributed by atoms with Crippen molar-refractivity contribution in [3.63, 3.8) is 0 Å². The minimum Gasteiger partial charge on any atom is -0.314 e. The molecule has 1 rings (SSSR count). The van der Waals surface area contributed by atoms with E-state index in [4.69, 9.17) is 17.3 Å². The van der Waals surface area contributed by atoms with Crippen LogP contribution < -0.4 is 5.73 Å². The van der Waals surface area contributed by atoms with Crippen LogP contribution in [0.25, 0.3) is 0 Å². The summed E-state index contributed by atoms with van der Waals surface area (Å²) in [4.78, 5) is 11.3. The molecule has 1 unspecified atom stereocenters. The fourth-order valence-electron chi connectivity index (χ4n) is 0.977. The molecule has 1 aromatic carbocycles. The first-order valence-electron chi connectivity index (χ1n) is 3.95. The van der Waals surface area contributed by atoms with Crippen molar-refractivity contribution >= 4 is 17.4 Å². The van der Waals surface area contributed by atoms with E-state index in [1.165, 1.54) is 24.3 Å². The van der Waals surface area contributed by atoms with Gasteiger partial charge in [0.05, 0.1) is 5.02 Å². The highest BCUT2D eigenvalue weighted by atomic mass is 35.5. The van der Waals surface area contributed by atoms with Crippen LogP contribution in [0.4, 0.5) is 13.2 Å². The second-order valence-corrected chi connectivity index (χ2v) is 3.27. The van der Waals surface area contributed by atoms with Gasteiger partial charge in [-0.2, -0.15) is 13.2 Å². The molecule has 15 heavy (non-hydrogen) atoms. The van der Waals surface area contributed by atoms with Crippen LogP contribution >= 0.6 is 11.6 Å². The Labute approximate surface area is 88.8 Å². The molecule has 0 radical (unpaired) electrons. The molecule has 0 bridgehead atoms. The number of rotatable bonds is 2. The molecule has 6 heteroatoms. The van der Waals surface area contributed by atoms with E-state index in [1.807, 2.05) is 0 Å². The molecule has 0 saturated carbocycles. The molecule has 0 spiro atoms. The number of benzene rings is 1. The summed E-state index contributed by atoms with van der Waals surface area (Å²) in [5.41, 5.74) is 4.54. The summed E-state index contributed by atoms with van der Waals surface area (Å²) in [5.74, 6) is -1.23. The van der Waals surface area contributed by atoms with Crippen LogP contribution in [-0.4, -0.2) is 18.0 Å². The number of nitrogens with two attached hydrogens (primary N) is 1. The first kappa shape index (κ1) is 12.0. The van der Waals surface area contributed by atoms with Gasteiger partial charge >= 0.3 is 6.18 Å². The fourth-order valence-corrected chi connectivity index (χ4v) is 1.21. The maximum Gasteiger partial charge on any atom is 0.410 e. The molecule has 1 atom stereocenters. The second kappa shape index (κ2) is 4.20. The van der Waals surface area contributed by atoms with Gasteiger partial charge in [-0.1, -0.05) is 23.7 Å². The SMILES string of the molecule is NC(C(=O)c1ccccc1Cl)C(F)(F)F.